The number of rotatable bonds is 3. The van der Waals surface area contributed by atoms with E-state index in [0.717, 1.165) is 4.90 Å². The molecule has 0 radical (unpaired) electrons. The second kappa shape index (κ2) is 5.19. The Balaban J connectivity index is 2.28. The second-order valence-electron chi connectivity index (χ2n) is 6.63. The van der Waals surface area contributed by atoms with E-state index in [0.29, 0.717) is 5.56 Å². The minimum Gasteiger partial charge on any atom is -0.319 e. The zero-order valence-electron chi connectivity index (χ0n) is 13.1. The quantitative estimate of drug-likeness (QED) is 0.871. The number of carbonyl (C=O) groups excluding carboxylic acids is 3. The molecule has 1 saturated heterocycles. The van der Waals surface area contributed by atoms with Crippen molar-refractivity contribution in [2.45, 2.75) is 33.2 Å². The Morgan fingerprint density at radius 1 is 1.23 bits per heavy atom. The molecule has 1 aromatic carbocycles. The van der Waals surface area contributed by atoms with Crippen LogP contribution in [0.25, 0.3) is 0 Å². The van der Waals surface area contributed by atoms with Crippen LogP contribution in [0.2, 0.25) is 0 Å². The molecule has 0 spiro atoms. The Hall–Kier alpha value is -2.24. The van der Waals surface area contributed by atoms with Crippen LogP contribution in [0.5, 0.6) is 0 Å². The van der Waals surface area contributed by atoms with Crippen LogP contribution >= 0.6 is 0 Å². The van der Waals surface area contributed by atoms with Crippen LogP contribution in [-0.4, -0.2) is 29.2 Å². The van der Waals surface area contributed by atoms with E-state index in [1.54, 1.807) is 27.7 Å². The zero-order chi connectivity index (χ0) is 16.7. The van der Waals surface area contributed by atoms with Gasteiger partial charge in [0, 0.05) is 5.41 Å². The monoisotopic (exact) mass is 306 g/mol. The first kappa shape index (κ1) is 16.1. The summed E-state index contributed by atoms with van der Waals surface area (Å²) in [7, 11) is 0. The third-order valence-corrected chi connectivity index (χ3v) is 3.83. The standard InChI is InChI=1S/C16H19FN2O3/c1-15(2,3)12(20)9-19-13(21)16(4,18-14(19)22)10-5-7-11(17)8-6-10/h5-8H,9H2,1-4H3,(H,18,22)/t16-/m1/s1. The molecule has 0 unspecified atom stereocenters. The van der Waals surface area contributed by atoms with Crippen LogP contribution in [0.4, 0.5) is 9.18 Å². The van der Waals surface area contributed by atoms with Gasteiger partial charge in [-0.1, -0.05) is 32.9 Å². The number of nitrogens with zero attached hydrogens (tertiary/aromatic N) is 1. The second-order valence-corrected chi connectivity index (χ2v) is 6.63. The molecule has 1 heterocycles. The van der Waals surface area contributed by atoms with Crippen LogP contribution < -0.4 is 5.32 Å². The highest BCUT2D eigenvalue weighted by Crippen LogP contribution is 2.29. The predicted octanol–water partition coefficient (Wildman–Crippen LogP) is 2.21. The van der Waals surface area contributed by atoms with Crippen molar-refractivity contribution in [2.24, 2.45) is 5.41 Å². The molecule has 2 rings (SSSR count). The molecule has 3 amide bonds. The molecule has 1 atom stereocenters. The number of hydrogen-bond donors (Lipinski definition) is 1. The molecule has 0 bridgehead atoms. The molecule has 118 valence electrons. The lowest BCUT2D eigenvalue weighted by Gasteiger charge is -2.23. The van der Waals surface area contributed by atoms with Gasteiger partial charge in [0.2, 0.25) is 0 Å². The molecule has 5 nitrogen and oxygen atoms in total. The maximum atomic E-state index is 13.0. The van der Waals surface area contributed by atoms with Gasteiger partial charge in [0.15, 0.2) is 5.78 Å². The Labute approximate surface area is 128 Å². The fourth-order valence-corrected chi connectivity index (χ4v) is 2.20. The minimum absolute atomic E-state index is 0.209. The fourth-order valence-electron chi connectivity index (χ4n) is 2.20. The topological polar surface area (TPSA) is 66.5 Å². The minimum atomic E-state index is -1.29. The number of carbonyl (C=O) groups is 3. The summed E-state index contributed by atoms with van der Waals surface area (Å²) in [6, 6.07) is 4.73. The number of halogens is 1. The first-order valence-corrected chi connectivity index (χ1v) is 6.99. The summed E-state index contributed by atoms with van der Waals surface area (Å²) in [6.45, 7) is 6.46. The molecule has 0 aromatic heterocycles. The van der Waals surface area contributed by atoms with E-state index in [-0.39, 0.29) is 12.3 Å². The molecular formula is C16H19FN2O3. The van der Waals surface area contributed by atoms with Crippen LogP contribution in [0.1, 0.15) is 33.3 Å². The Bertz CT molecular complexity index is 634. The number of ketones is 1. The lowest BCUT2D eigenvalue weighted by molar-refractivity contribution is -0.136. The van der Waals surface area contributed by atoms with E-state index in [1.807, 2.05) is 0 Å². The highest BCUT2D eigenvalue weighted by atomic mass is 19.1. The van der Waals surface area contributed by atoms with Gasteiger partial charge < -0.3 is 5.32 Å². The van der Waals surface area contributed by atoms with Gasteiger partial charge >= 0.3 is 6.03 Å². The molecule has 1 aromatic rings. The van der Waals surface area contributed by atoms with Gasteiger partial charge in [-0.25, -0.2) is 9.18 Å². The Morgan fingerprint density at radius 2 is 1.77 bits per heavy atom. The average Bonchev–Trinajstić information content (AvgIpc) is 2.63. The number of Topliss-reactive ketones (excluding diaryl/α,β-unsaturated/α-hetero) is 1. The van der Waals surface area contributed by atoms with Crippen LogP contribution in [0, 0.1) is 11.2 Å². The predicted molar refractivity (Wildman–Crippen MR) is 78.5 cm³/mol. The summed E-state index contributed by atoms with van der Waals surface area (Å²) < 4.78 is 13.0. The van der Waals surface area contributed by atoms with Crippen molar-refractivity contribution >= 4 is 17.7 Å². The van der Waals surface area contributed by atoms with Gasteiger partial charge in [0.25, 0.3) is 5.91 Å². The number of urea groups is 1. The van der Waals surface area contributed by atoms with E-state index in [2.05, 4.69) is 5.32 Å². The first-order chi connectivity index (χ1) is 10.1. The molecule has 0 saturated carbocycles. The normalized spacial score (nSPS) is 22.0. The summed E-state index contributed by atoms with van der Waals surface area (Å²) >= 11 is 0. The smallest absolute Gasteiger partial charge is 0.319 e. The summed E-state index contributed by atoms with van der Waals surface area (Å²) in [5, 5.41) is 2.59. The number of benzene rings is 1. The van der Waals surface area contributed by atoms with Gasteiger partial charge in [0.1, 0.15) is 11.4 Å². The van der Waals surface area contributed by atoms with Crippen molar-refractivity contribution in [3.05, 3.63) is 35.6 Å². The maximum Gasteiger partial charge on any atom is 0.325 e. The molecule has 1 fully saturated rings. The van der Waals surface area contributed by atoms with Crippen LogP contribution in [0.15, 0.2) is 24.3 Å². The summed E-state index contributed by atoms with van der Waals surface area (Å²) in [5.74, 6) is -1.15. The van der Waals surface area contributed by atoms with Crippen LogP contribution in [-0.2, 0) is 15.1 Å². The van der Waals surface area contributed by atoms with E-state index < -0.39 is 28.7 Å². The summed E-state index contributed by atoms with van der Waals surface area (Å²) in [6.07, 6.45) is 0. The van der Waals surface area contributed by atoms with Gasteiger partial charge in [-0.3, -0.25) is 14.5 Å². The molecular weight excluding hydrogens is 287 g/mol. The molecule has 6 heteroatoms. The van der Waals surface area contributed by atoms with Crippen LogP contribution in [0.3, 0.4) is 0 Å². The van der Waals surface area contributed by atoms with Gasteiger partial charge in [-0.15, -0.1) is 0 Å². The molecule has 1 aliphatic rings. The number of imide groups is 1. The molecule has 1 N–H and O–H groups in total. The molecule has 22 heavy (non-hydrogen) atoms. The SMILES string of the molecule is CC(C)(C)C(=O)CN1C(=O)N[C@](C)(c2ccc(F)cc2)C1=O. The van der Waals surface area contributed by atoms with Gasteiger partial charge in [-0.2, -0.15) is 0 Å². The van der Waals surface area contributed by atoms with E-state index in [9.17, 15) is 18.8 Å². The van der Waals surface area contributed by atoms with Crippen molar-refractivity contribution in [1.82, 2.24) is 10.2 Å². The largest absolute Gasteiger partial charge is 0.325 e. The average molecular weight is 306 g/mol. The Kier molecular flexibility index (Phi) is 3.81. The molecule has 1 aliphatic heterocycles. The Morgan fingerprint density at radius 3 is 2.27 bits per heavy atom. The lowest BCUT2D eigenvalue weighted by Crippen LogP contribution is -2.42. The number of hydrogen-bond acceptors (Lipinski definition) is 3. The van der Waals surface area contributed by atoms with Crippen molar-refractivity contribution < 1.29 is 18.8 Å². The highest BCUT2D eigenvalue weighted by Gasteiger charge is 2.49. The van der Waals surface area contributed by atoms with Crippen molar-refractivity contribution in [3.63, 3.8) is 0 Å². The molecule has 0 aliphatic carbocycles. The van der Waals surface area contributed by atoms with E-state index in [1.165, 1.54) is 24.3 Å². The van der Waals surface area contributed by atoms with E-state index in [4.69, 9.17) is 0 Å². The van der Waals surface area contributed by atoms with Gasteiger partial charge in [0.05, 0.1) is 6.54 Å². The number of nitrogens with one attached hydrogen (secondary N) is 1. The van der Waals surface area contributed by atoms with Crippen molar-refractivity contribution in [3.8, 4) is 0 Å². The fraction of sp³-hybridized carbons (Fsp3) is 0.438. The zero-order valence-corrected chi connectivity index (χ0v) is 13.1. The maximum absolute atomic E-state index is 13.0. The summed E-state index contributed by atoms with van der Waals surface area (Å²) in [4.78, 5) is 37.6. The van der Waals surface area contributed by atoms with Crippen molar-refractivity contribution in [2.75, 3.05) is 6.54 Å². The number of amides is 3. The third-order valence-electron chi connectivity index (χ3n) is 3.83. The highest BCUT2D eigenvalue weighted by molar-refractivity contribution is 6.09. The van der Waals surface area contributed by atoms with Crippen molar-refractivity contribution in [1.29, 1.82) is 0 Å². The summed E-state index contributed by atoms with van der Waals surface area (Å²) in [5.41, 5.74) is -1.46. The van der Waals surface area contributed by atoms with E-state index >= 15 is 0 Å². The third kappa shape index (κ3) is 2.73. The van der Waals surface area contributed by atoms with Gasteiger partial charge in [-0.05, 0) is 24.6 Å². The lowest BCUT2D eigenvalue weighted by atomic mass is 9.89. The first-order valence-electron chi connectivity index (χ1n) is 6.99.